The Labute approximate surface area is 125 Å². The standard InChI is InChI=1S/C17H34N2O/c1-4-16-12-18-15(11-14(2)3)13-19(16)9-5-7-17-8-6-10-20-17/h14-18H,4-13H2,1-3H3. The lowest BCUT2D eigenvalue weighted by Crippen LogP contribution is -2.56. The van der Waals surface area contributed by atoms with Gasteiger partial charge >= 0.3 is 0 Å². The van der Waals surface area contributed by atoms with Gasteiger partial charge in [-0.3, -0.25) is 4.90 Å². The molecule has 0 saturated carbocycles. The van der Waals surface area contributed by atoms with Crippen molar-refractivity contribution in [2.75, 3.05) is 26.2 Å². The minimum absolute atomic E-state index is 0.560. The van der Waals surface area contributed by atoms with Gasteiger partial charge in [0.25, 0.3) is 0 Å². The van der Waals surface area contributed by atoms with E-state index in [0.717, 1.165) is 18.6 Å². The molecule has 0 aliphatic carbocycles. The number of hydrogen-bond donors (Lipinski definition) is 1. The molecule has 0 bridgehead atoms. The van der Waals surface area contributed by atoms with Gasteiger partial charge in [0, 0.05) is 31.8 Å². The predicted octanol–water partition coefficient (Wildman–Crippen LogP) is 3.04. The van der Waals surface area contributed by atoms with Crippen molar-refractivity contribution < 1.29 is 4.74 Å². The van der Waals surface area contributed by atoms with E-state index in [4.69, 9.17) is 4.74 Å². The Morgan fingerprint density at radius 2 is 2.20 bits per heavy atom. The molecule has 1 N–H and O–H groups in total. The summed E-state index contributed by atoms with van der Waals surface area (Å²) in [6.45, 7) is 11.6. The topological polar surface area (TPSA) is 24.5 Å². The maximum atomic E-state index is 5.74. The average Bonchev–Trinajstić information content (AvgIpc) is 2.91. The molecule has 0 radical (unpaired) electrons. The van der Waals surface area contributed by atoms with Gasteiger partial charge in [-0.15, -0.1) is 0 Å². The Hall–Kier alpha value is -0.120. The van der Waals surface area contributed by atoms with Crippen LogP contribution < -0.4 is 5.32 Å². The first-order valence-electron chi connectivity index (χ1n) is 8.78. The molecule has 3 nitrogen and oxygen atoms in total. The Morgan fingerprint density at radius 3 is 2.85 bits per heavy atom. The van der Waals surface area contributed by atoms with Crippen LogP contribution in [0.2, 0.25) is 0 Å². The third kappa shape index (κ3) is 5.01. The lowest BCUT2D eigenvalue weighted by molar-refractivity contribution is 0.0851. The van der Waals surface area contributed by atoms with Crippen LogP contribution in [0.25, 0.3) is 0 Å². The molecular formula is C17H34N2O. The number of nitrogens with one attached hydrogen (secondary N) is 1. The third-order valence-corrected chi connectivity index (χ3v) is 4.84. The van der Waals surface area contributed by atoms with Gasteiger partial charge in [0.05, 0.1) is 6.10 Å². The van der Waals surface area contributed by atoms with Crippen molar-refractivity contribution >= 4 is 0 Å². The van der Waals surface area contributed by atoms with Crippen molar-refractivity contribution in [3.8, 4) is 0 Å². The number of piperazine rings is 1. The molecule has 0 aromatic heterocycles. The van der Waals surface area contributed by atoms with Gasteiger partial charge in [-0.25, -0.2) is 0 Å². The smallest absolute Gasteiger partial charge is 0.0576 e. The van der Waals surface area contributed by atoms with E-state index < -0.39 is 0 Å². The van der Waals surface area contributed by atoms with E-state index >= 15 is 0 Å². The molecule has 2 aliphatic heterocycles. The summed E-state index contributed by atoms with van der Waals surface area (Å²) in [6, 6.07) is 1.43. The molecule has 0 spiro atoms. The summed E-state index contributed by atoms with van der Waals surface area (Å²) in [4.78, 5) is 2.73. The van der Waals surface area contributed by atoms with Crippen molar-refractivity contribution in [3.63, 3.8) is 0 Å². The quantitative estimate of drug-likeness (QED) is 0.777. The first-order chi connectivity index (χ1) is 9.69. The van der Waals surface area contributed by atoms with Crippen LogP contribution in [0.5, 0.6) is 0 Å². The molecule has 2 heterocycles. The number of ether oxygens (including phenoxy) is 1. The van der Waals surface area contributed by atoms with Gasteiger partial charge in [-0.05, 0) is 51.0 Å². The number of rotatable bonds is 7. The van der Waals surface area contributed by atoms with E-state index in [1.54, 1.807) is 0 Å². The third-order valence-electron chi connectivity index (χ3n) is 4.84. The minimum atomic E-state index is 0.560. The molecule has 2 aliphatic rings. The van der Waals surface area contributed by atoms with E-state index in [0.29, 0.717) is 12.1 Å². The van der Waals surface area contributed by atoms with Crippen molar-refractivity contribution in [3.05, 3.63) is 0 Å². The minimum Gasteiger partial charge on any atom is -0.378 e. The van der Waals surface area contributed by atoms with Crippen LogP contribution >= 0.6 is 0 Å². The van der Waals surface area contributed by atoms with Gasteiger partial charge in [0.1, 0.15) is 0 Å². The van der Waals surface area contributed by atoms with E-state index in [1.165, 1.54) is 58.2 Å². The second-order valence-electron chi connectivity index (χ2n) is 7.07. The first kappa shape index (κ1) is 16.3. The molecule has 2 fully saturated rings. The van der Waals surface area contributed by atoms with Crippen molar-refractivity contribution in [2.45, 2.75) is 77.5 Å². The monoisotopic (exact) mass is 282 g/mol. The van der Waals surface area contributed by atoms with Crippen molar-refractivity contribution in [1.29, 1.82) is 0 Å². The molecule has 0 aromatic carbocycles. The highest BCUT2D eigenvalue weighted by atomic mass is 16.5. The van der Waals surface area contributed by atoms with Crippen molar-refractivity contribution in [2.24, 2.45) is 5.92 Å². The second kappa shape index (κ2) is 8.35. The van der Waals surface area contributed by atoms with Crippen LogP contribution in [0.3, 0.4) is 0 Å². The van der Waals surface area contributed by atoms with E-state index in [1.807, 2.05) is 0 Å². The Bertz CT molecular complexity index is 264. The average molecular weight is 282 g/mol. The first-order valence-corrected chi connectivity index (χ1v) is 8.78. The van der Waals surface area contributed by atoms with Crippen LogP contribution in [0.15, 0.2) is 0 Å². The fraction of sp³-hybridized carbons (Fsp3) is 1.00. The lowest BCUT2D eigenvalue weighted by Gasteiger charge is -2.41. The largest absolute Gasteiger partial charge is 0.378 e. The predicted molar refractivity (Wildman–Crippen MR) is 85.1 cm³/mol. The fourth-order valence-corrected chi connectivity index (χ4v) is 3.73. The maximum Gasteiger partial charge on any atom is 0.0576 e. The molecule has 2 rings (SSSR count). The summed E-state index contributed by atoms with van der Waals surface area (Å²) in [5.74, 6) is 0.791. The van der Waals surface area contributed by atoms with Crippen LogP contribution in [0.1, 0.15) is 59.3 Å². The molecule has 3 heteroatoms. The highest BCUT2D eigenvalue weighted by Gasteiger charge is 2.27. The maximum absolute atomic E-state index is 5.74. The summed E-state index contributed by atoms with van der Waals surface area (Å²) >= 11 is 0. The normalized spacial score (nSPS) is 32.1. The summed E-state index contributed by atoms with van der Waals surface area (Å²) in [5, 5.41) is 3.75. The lowest BCUT2D eigenvalue weighted by atomic mass is 9.98. The van der Waals surface area contributed by atoms with Crippen LogP contribution in [-0.2, 0) is 4.74 Å². The molecule has 0 amide bonds. The summed E-state index contributed by atoms with van der Waals surface area (Å²) in [5.41, 5.74) is 0. The fourth-order valence-electron chi connectivity index (χ4n) is 3.73. The highest BCUT2D eigenvalue weighted by molar-refractivity contribution is 4.86. The van der Waals surface area contributed by atoms with Gasteiger partial charge in [-0.1, -0.05) is 20.8 Å². The Morgan fingerprint density at radius 1 is 1.35 bits per heavy atom. The van der Waals surface area contributed by atoms with Crippen LogP contribution in [-0.4, -0.2) is 49.3 Å². The van der Waals surface area contributed by atoms with Gasteiger partial charge < -0.3 is 10.1 Å². The Balaban J connectivity index is 1.72. The van der Waals surface area contributed by atoms with E-state index in [2.05, 4.69) is 31.0 Å². The summed E-state index contributed by atoms with van der Waals surface area (Å²) in [7, 11) is 0. The molecular weight excluding hydrogens is 248 g/mol. The van der Waals surface area contributed by atoms with Gasteiger partial charge in [-0.2, -0.15) is 0 Å². The zero-order valence-electron chi connectivity index (χ0n) is 13.7. The highest BCUT2D eigenvalue weighted by Crippen LogP contribution is 2.19. The summed E-state index contributed by atoms with van der Waals surface area (Å²) < 4.78 is 5.74. The van der Waals surface area contributed by atoms with E-state index in [-0.39, 0.29) is 0 Å². The van der Waals surface area contributed by atoms with Crippen LogP contribution in [0, 0.1) is 5.92 Å². The zero-order chi connectivity index (χ0) is 14.4. The second-order valence-corrected chi connectivity index (χ2v) is 7.07. The zero-order valence-corrected chi connectivity index (χ0v) is 13.7. The molecule has 20 heavy (non-hydrogen) atoms. The van der Waals surface area contributed by atoms with Gasteiger partial charge in [0.15, 0.2) is 0 Å². The number of hydrogen-bond acceptors (Lipinski definition) is 3. The van der Waals surface area contributed by atoms with Crippen molar-refractivity contribution in [1.82, 2.24) is 10.2 Å². The van der Waals surface area contributed by atoms with Crippen LogP contribution in [0.4, 0.5) is 0 Å². The Kier molecular flexibility index (Phi) is 6.79. The molecule has 118 valence electrons. The molecule has 3 atom stereocenters. The summed E-state index contributed by atoms with van der Waals surface area (Å²) in [6.07, 6.45) is 8.25. The molecule has 3 unspecified atom stereocenters. The molecule has 0 aromatic rings. The number of nitrogens with zero attached hydrogens (tertiary/aromatic N) is 1. The molecule has 2 saturated heterocycles. The SMILES string of the molecule is CCC1CNC(CC(C)C)CN1CCCC1CCCO1. The van der Waals surface area contributed by atoms with Gasteiger partial charge in [0.2, 0.25) is 0 Å². The van der Waals surface area contributed by atoms with E-state index in [9.17, 15) is 0 Å².